The van der Waals surface area contributed by atoms with E-state index in [9.17, 15) is 5.11 Å². The fourth-order valence-corrected chi connectivity index (χ4v) is 2.12. The molecule has 4 heteroatoms. The van der Waals surface area contributed by atoms with Crippen LogP contribution in [0.1, 0.15) is 25.3 Å². The molecular formula is C11H19N3O. The molecule has 2 heterocycles. The van der Waals surface area contributed by atoms with E-state index in [1.165, 1.54) is 0 Å². The summed E-state index contributed by atoms with van der Waals surface area (Å²) in [6, 6.07) is 0. The molecule has 15 heavy (non-hydrogen) atoms. The number of nitrogens with zero attached hydrogens (tertiary/aromatic N) is 2. The summed E-state index contributed by atoms with van der Waals surface area (Å²) in [5.74, 6) is 0. The minimum Gasteiger partial charge on any atom is -0.389 e. The van der Waals surface area contributed by atoms with Crippen LogP contribution in [-0.4, -0.2) is 33.6 Å². The summed E-state index contributed by atoms with van der Waals surface area (Å²) in [5.41, 5.74) is 0.619. The molecule has 0 aromatic carbocycles. The highest BCUT2D eigenvalue weighted by molar-refractivity contribution is 5.09. The van der Waals surface area contributed by atoms with Gasteiger partial charge in [-0.25, -0.2) is 0 Å². The van der Waals surface area contributed by atoms with Crippen molar-refractivity contribution in [1.29, 1.82) is 0 Å². The van der Waals surface area contributed by atoms with Crippen LogP contribution in [0.4, 0.5) is 0 Å². The average molecular weight is 209 g/mol. The number of rotatable bonds is 3. The number of aromatic nitrogens is 2. The quantitative estimate of drug-likeness (QED) is 0.765. The monoisotopic (exact) mass is 209 g/mol. The molecule has 84 valence electrons. The van der Waals surface area contributed by atoms with Crippen LogP contribution in [0.3, 0.4) is 0 Å². The first-order chi connectivity index (χ1) is 7.22. The lowest BCUT2D eigenvalue weighted by Crippen LogP contribution is -2.43. The number of piperidine rings is 1. The van der Waals surface area contributed by atoms with Crippen molar-refractivity contribution in [2.45, 2.75) is 38.3 Å². The summed E-state index contributed by atoms with van der Waals surface area (Å²) in [4.78, 5) is 0. The van der Waals surface area contributed by atoms with E-state index in [0.717, 1.165) is 44.5 Å². The molecule has 4 nitrogen and oxygen atoms in total. The molecule has 0 saturated carbocycles. The van der Waals surface area contributed by atoms with Gasteiger partial charge in [-0.15, -0.1) is 0 Å². The van der Waals surface area contributed by atoms with Crippen molar-refractivity contribution in [2.75, 3.05) is 13.1 Å². The Kier molecular flexibility index (Phi) is 3.07. The van der Waals surface area contributed by atoms with Crippen LogP contribution in [0, 0.1) is 0 Å². The zero-order chi connectivity index (χ0) is 10.7. The van der Waals surface area contributed by atoms with E-state index in [4.69, 9.17) is 0 Å². The molecule has 1 aromatic rings. The molecule has 0 radical (unpaired) electrons. The van der Waals surface area contributed by atoms with Crippen molar-refractivity contribution in [3.8, 4) is 0 Å². The van der Waals surface area contributed by atoms with E-state index in [-0.39, 0.29) is 0 Å². The molecule has 1 saturated heterocycles. The molecule has 1 aromatic heterocycles. The number of aryl methyl sites for hydroxylation is 1. The third kappa shape index (κ3) is 2.58. The molecule has 1 fully saturated rings. The first-order valence-corrected chi connectivity index (χ1v) is 5.66. The Morgan fingerprint density at radius 1 is 1.53 bits per heavy atom. The van der Waals surface area contributed by atoms with Crippen molar-refractivity contribution in [1.82, 2.24) is 15.1 Å². The van der Waals surface area contributed by atoms with E-state index >= 15 is 0 Å². The predicted octanol–water partition coefficient (Wildman–Crippen LogP) is 0.560. The van der Waals surface area contributed by atoms with Gasteiger partial charge in [-0.05, 0) is 38.4 Å². The van der Waals surface area contributed by atoms with Crippen LogP contribution >= 0.6 is 0 Å². The molecule has 0 aliphatic carbocycles. The second-order valence-corrected chi connectivity index (χ2v) is 4.36. The van der Waals surface area contributed by atoms with Gasteiger partial charge in [0.15, 0.2) is 0 Å². The summed E-state index contributed by atoms with van der Waals surface area (Å²) < 4.78 is 1.90. The Morgan fingerprint density at radius 2 is 2.27 bits per heavy atom. The molecule has 0 amide bonds. The maximum atomic E-state index is 10.3. The highest BCUT2D eigenvalue weighted by atomic mass is 16.3. The fourth-order valence-electron chi connectivity index (χ4n) is 2.12. The minimum absolute atomic E-state index is 0.521. The van der Waals surface area contributed by atoms with E-state index < -0.39 is 5.60 Å². The molecule has 2 N–H and O–H groups in total. The molecular weight excluding hydrogens is 190 g/mol. The maximum Gasteiger partial charge on any atom is 0.0713 e. The van der Waals surface area contributed by atoms with Crippen molar-refractivity contribution < 1.29 is 5.11 Å². The Labute approximate surface area is 90.3 Å². The molecule has 2 rings (SSSR count). The minimum atomic E-state index is -0.521. The topological polar surface area (TPSA) is 50.1 Å². The van der Waals surface area contributed by atoms with Gasteiger partial charge in [0.2, 0.25) is 0 Å². The maximum absolute atomic E-state index is 10.3. The number of hydrogen-bond donors (Lipinski definition) is 2. The summed E-state index contributed by atoms with van der Waals surface area (Å²) in [6.07, 6.45) is 6.30. The van der Waals surface area contributed by atoms with E-state index in [0.29, 0.717) is 0 Å². The van der Waals surface area contributed by atoms with Crippen LogP contribution in [0.2, 0.25) is 0 Å². The average Bonchev–Trinajstić information content (AvgIpc) is 2.66. The zero-order valence-corrected chi connectivity index (χ0v) is 9.24. The largest absolute Gasteiger partial charge is 0.389 e. The number of aliphatic hydroxyl groups is 1. The summed E-state index contributed by atoms with van der Waals surface area (Å²) in [5, 5.41) is 17.8. The Balaban J connectivity index is 2.00. The molecule has 0 spiro atoms. The molecule has 0 unspecified atom stereocenters. The van der Waals surface area contributed by atoms with Gasteiger partial charge in [-0.2, -0.15) is 5.10 Å². The van der Waals surface area contributed by atoms with Gasteiger partial charge in [-0.3, -0.25) is 4.68 Å². The van der Waals surface area contributed by atoms with Gasteiger partial charge in [0.25, 0.3) is 0 Å². The van der Waals surface area contributed by atoms with Gasteiger partial charge in [0.05, 0.1) is 11.8 Å². The van der Waals surface area contributed by atoms with Crippen LogP contribution in [-0.2, 0) is 13.0 Å². The molecule has 0 atom stereocenters. The summed E-state index contributed by atoms with van der Waals surface area (Å²) in [6.45, 7) is 4.78. The highest BCUT2D eigenvalue weighted by Crippen LogP contribution is 2.22. The molecule has 1 aliphatic heterocycles. The van der Waals surface area contributed by atoms with Crippen molar-refractivity contribution >= 4 is 0 Å². The van der Waals surface area contributed by atoms with Crippen LogP contribution < -0.4 is 5.32 Å². The third-order valence-corrected chi connectivity index (χ3v) is 3.08. The van der Waals surface area contributed by atoms with Gasteiger partial charge in [0, 0.05) is 19.2 Å². The Bertz CT molecular complexity index is 315. The SMILES string of the molecule is CCn1cc(CC2(O)CCNCC2)cn1. The molecule has 1 aliphatic rings. The lowest BCUT2D eigenvalue weighted by molar-refractivity contribution is 0.0108. The van der Waals surface area contributed by atoms with E-state index in [1.807, 2.05) is 17.1 Å². The third-order valence-electron chi connectivity index (χ3n) is 3.08. The van der Waals surface area contributed by atoms with Crippen molar-refractivity contribution in [3.63, 3.8) is 0 Å². The van der Waals surface area contributed by atoms with Gasteiger partial charge in [-0.1, -0.05) is 0 Å². The molecule has 0 bridgehead atoms. The van der Waals surface area contributed by atoms with Crippen molar-refractivity contribution in [3.05, 3.63) is 18.0 Å². The van der Waals surface area contributed by atoms with Crippen LogP contribution in [0.25, 0.3) is 0 Å². The first kappa shape index (κ1) is 10.6. The van der Waals surface area contributed by atoms with Gasteiger partial charge < -0.3 is 10.4 Å². The lowest BCUT2D eigenvalue weighted by atomic mass is 9.87. The summed E-state index contributed by atoms with van der Waals surface area (Å²) >= 11 is 0. The van der Waals surface area contributed by atoms with Crippen molar-refractivity contribution in [2.24, 2.45) is 0 Å². The number of hydrogen-bond acceptors (Lipinski definition) is 3. The Morgan fingerprint density at radius 3 is 2.87 bits per heavy atom. The highest BCUT2D eigenvalue weighted by Gasteiger charge is 2.29. The second kappa shape index (κ2) is 4.33. The Hall–Kier alpha value is -0.870. The first-order valence-electron chi connectivity index (χ1n) is 5.66. The predicted molar refractivity (Wildman–Crippen MR) is 58.7 cm³/mol. The van der Waals surface area contributed by atoms with Gasteiger partial charge >= 0.3 is 0 Å². The normalized spacial score (nSPS) is 20.4. The fraction of sp³-hybridized carbons (Fsp3) is 0.727. The number of nitrogens with one attached hydrogen (secondary N) is 1. The zero-order valence-electron chi connectivity index (χ0n) is 9.24. The van der Waals surface area contributed by atoms with E-state index in [1.54, 1.807) is 0 Å². The van der Waals surface area contributed by atoms with Crippen LogP contribution in [0.5, 0.6) is 0 Å². The standard InChI is InChI=1S/C11H19N3O/c1-2-14-9-10(8-13-14)7-11(15)3-5-12-6-4-11/h8-9,12,15H,2-7H2,1H3. The van der Waals surface area contributed by atoms with Gasteiger partial charge in [0.1, 0.15) is 0 Å². The van der Waals surface area contributed by atoms with Crippen LogP contribution in [0.15, 0.2) is 12.4 Å². The second-order valence-electron chi connectivity index (χ2n) is 4.36. The summed E-state index contributed by atoms with van der Waals surface area (Å²) in [7, 11) is 0. The smallest absolute Gasteiger partial charge is 0.0713 e. The van der Waals surface area contributed by atoms with E-state index in [2.05, 4.69) is 17.3 Å². The lowest BCUT2D eigenvalue weighted by Gasteiger charge is -2.32.